The minimum Gasteiger partial charge on any atom is -0.497 e. The Morgan fingerprint density at radius 1 is 1.27 bits per heavy atom. The minimum atomic E-state index is -0.427. The molecule has 0 saturated heterocycles. The molecule has 3 rings (SSSR count). The molecule has 1 unspecified atom stereocenters. The fourth-order valence-electron chi connectivity index (χ4n) is 3.44. The topological polar surface area (TPSA) is 68.4 Å². The number of rotatable bonds is 5. The molecule has 1 N–H and O–H groups in total. The number of Topliss-reactive ketones (excluding diaryl/α,β-unsaturated/α-hetero) is 1. The molecule has 1 aromatic carbocycles. The maximum Gasteiger partial charge on any atom is 0.355 e. The normalized spacial score (nSPS) is 16.6. The van der Waals surface area contributed by atoms with Gasteiger partial charge in [0, 0.05) is 17.7 Å². The minimum absolute atomic E-state index is 0.0633. The van der Waals surface area contributed by atoms with Gasteiger partial charge in [0.15, 0.2) is 5.78 Å². The van der Waals surface area contributed by atoms with E-state index in [1.165, 1.54) is 0 Å². The van der Waals surface area contributed by atoms with E-state index >= 15 is 0 Å². The number of carbonyl (C=O) groups is 2. The Kier molecular flexibility index (Phi) is 5.26. The van der Waals surface area contributed by atoms with Gasteiger partial charge in [-0.3, -0.25) is 4.79 Å². The molecule has 1 aromatic heterocycles. The molecule has 26 heavy (non-hydrogen) atoms. The number of aromatic nitrogens is 1. The fourth-order valence-corrected chi connectivity index (χ4v) is 3.44. The van der Waals surface area contributed by atoms with Crippen LogP contribution in [-0.2, 0) is 11.2 Å². The summed E-state index contributed by atoms with van der Waals surface area (Å²) in [6, 6.07) is 7.78. The van der Waals surface area contributed by atoms with Crippen LogP contribution in [0.15, 0.2) is 36.4 Å². The zero-order valence-corrected chi connectivity index (χ0v) is 15.3. The van der Waals surface area contributed by atoms with Crippen LogP contribution in [0.4, 0.5) is 0 Å². The van der Waals surface area contributed by atoms with Crippen LogP contribution in [0.25, 0.3) is 0 Å². The number of fused-ring (bicyclic) bond motifs is 1. The average molecular weight is 353 g/mol. The monoisotopic (exact) mass is 353 g/mol. The third-order valence-electron chi connectivity index (χ3n) is 4.83. The Hall–Kier alpha value is -2.82. The Morgan fingerprint density at radius 3 is 2.65 bits per heavy atom. The van der Waals surface area contributed by atoms with Gasteiger partial charge in [-0.25, -0.2) is 4.79 Å². The zero-order chi connectivity index (χ0) is 18.7. The summed E-state index contributed by atoms with van der Waals surface area (Å²) in [5.41, 5.74) is 3.62. The SMILES string of the molecule is C/C=C/COC(=O)c1[nH]c2c(c1C)C(=O)CC(c1ccc(OC)cc1)C2. The summed E-state index contributed by atoms with van der Waals surface area (Å²) in [5.74, 6) is 0.515. The first-order valence-corrected chi connectivity index (χ1v) is 8.72. The van der Waals surface area contributed by atoms with Crippen LogP contribution in [0.3, 0.4) is 0 Å². The highest BCUT2D eigenvalue weighted by Gasteiger charge is 2.32. The zero-order valence-electron chi connectivity index (χ0n) is 15.3. The molecule has 0 saturated carbocycles. The number of benzene rings is 1. The molecule has 0 radical (unpaired) electrons. The molecule has 0 bridgehead atoms. The van der Waals surface area contributed by atoms with Gasteiger partial charge >= 0.3 is 5.97 Å². The number of hydrogen-bond donors (Lipinski definition) is 1. The third kappa shape index (κ3) is 3.43. The molecule has 2 aromatic rings. The highest BCUT2D eigenvalue weighted by atomic mass is 16.5. The predicted octanol–water partition coefficient (Wildman–Crippen LogP) is 3.98. The van der Waals surface area contributed by atoms with E-state index in [1.807, 2.05) is 37.3 Å². The summed E-state index contributed by atoms with van der Waals surface area (Å²) < 4.78 is 10.4. The summed E-state index contributed by atoms with van der Waals surface area (Å²) in [6.45, 7) is 3.89. The Balaban J connectivity index is 1.84. The van der Waals surface area contributed by atoms with Gasteiger partial charge in [0.25, 0.3) is 0 Å². The molecule has 5 heteroatoms. The third-order valence-corrected chi connectivity index (χ3v) is 4.83. The van der Waals surface area contributed by atoms with E-state index in [0.717, 1.165) is 17.0 Å². The van der Waals surface area contributed by atoms with Crippen molar-refractivity contribution < 1.29 is 19.1 Å². The van der Waals surface area contributed by atoms with Crippen molar-refractivity contribution in [1.82, 2.24) is 4.98 Å². The quantitative estimate of drug-likeness (QED) is 0.652. The second-order valence-electron chi connectivity index (χ2n) is 6.45. The highest BCUT2D eigenvalue weighted by molar-refractivity contribution is 6.03. The average Bonchev–Trinajstić information content (AvgIpc) is 2.99. The summed E-state index contributed by atoms with van der Waals surface area (Å²) in [5, 5.41) is 0. The number of ether oxygens (including phenoxy) is 2. The number of hydrogen-bond acceptors (Lipinski definition) is 4. The second kappa shape index (κ2) is 7.60. The first-order chi connectivity index (χ1) is 12.5. The van der Waals surface area contributed by atoms with E-state index < -0.39 is 5.97 Å². The Morgan fingerprint density at radius 2 is 2.00 bits per heavy atom. The number of H-pyrrole nitrogens is 1. The van der Waals surface area contributed by atoms with Crippen molar-refractivity contribution in [1.29, 1.82) is 0 Å². The maximum absolute atomic E-state index is 12.7. The van der Waals surface area contributed by atoms with Crippen LogP contribution in [0, 0.1) is 6.92 Å². The van der Waals surface area contributed by atoms with Crippen molar-refractivity contribution >= 4 is 11.8 Å². The fraction of sp³-hybridized carbons (Fsp3) is 0.333. The standard InChI is InChI=1S/C21H23NO4/c1-4-5-10-26-21(24)20-13(2)19-17(22-20)11-15(12-18(19)23)14-6-8-16(25-3)9-7-14/h4-9,15,22H,10-12H2,1-3H3/b5-4+. The van der Waals surface area contributed by atoms with Gasteiger partial charge in [-0.05, 0) is 49.4 Å². The number of carbonyl (C=O) groups excluding carboxylic acids is 2. The molecule has 0 amide bonds. The Bertz CT molecular complexity index is 846. The second-order valence-corrected chi connectivity index (χ2v) is 6.45. The summed E-state index contributed by atoms with van der Waals surface area (Å²) in [7, 11) is 1.63. The molecular weight excluding hydrogens is 330 g/mol. The Labute approximate surface area is 153 Å². The highest BCUT2D eigenvalue weighted by Crippen LogP contribution is 2.35. The van der Waals surface area contributed by atoms with E-state index in [0.29, 0.717) is 29.7 Å². The van der Waals surface area contributed by atoms with Gasteiger partial charge in [-0.2, -0.15) is 0 Å². The molecule has 1 atom stereocenters. The molecule has 0 aliphatic heterocycles. The van der Waals surface area contributed by atoms with Gasteiger partial charge in [0.1, 0.15) is 18.1 Å². The van der Waals surface area contributed by atoms with Crippen molar-refractivity contribution in [2.24, 2.45) is 0 Å². The predicted molar refractivity (Wildman–Crippen MR) is 99.0 cm³/mol. The number of nitrogens with one attached hydrogen (secondary N) is 1. The van der Waals surface area contributed by atoms with E-state index in [-0.39, 0.29) is 18.3 Å². The van der Waals surface area contributed by atoms with Gasteiger partial charge in [-0.1, -0.05) is 24.3 Å². The lowest BCUT2D eigenvalue weighted by Crippen LogP contribution is -2.18. The van der Waals surface area contributed by atoms with Gasteiger partial charge in [0.05, 0.1) is 7.11 Å². The van der Waals surface area contributed by atoms with Crippen molar-refractivity contribution in [2.45, 2.75) is 32.6 Å². The first-order valence-electron chi connectivity index (χ1n) is 8.72. The summed E-state index contributed by atoms with van der Waals surface area (Å²) in [4.78, 5) is 28.1. The number of ketones is 1. The first kappa shape index (κ1) is 18.0. The van der Waals surface area contributed by atoms with E-state index in [1.54, 1.807) is 20.1 Å². The van der Waals surface area contributed by atoms with Gasteiger partial charge in [-0.15, -0.1) is 0 Å². The van der Waals surface area contributed by atoms with Crippen molar-refractivity contribution in [3.8, 4) is 5.75 Å². The summed E-state index contributed by atoms with van der Waals surface area (Å²) >= 11 is 0. The van der Waals surface area contributed by atoms with Crippen molar-refractivity contribution in [2.75, 3.05) is 13.7 Å². The molecule has 0 fully saturated rings. The summed E-state index contributed by atoms with van der Waals surface area (Å²) in [6.07, 6.45) is 4.71. The van der Waals surface area contributed by atoms with E-state index in [2.05, 4.69) is 4.98 Å². The van der Waals surface area contributed by atoms with Crippen LogP contribution < -0.4 is 4.74 Å². The van der Waals surface area contributed by atoms with E-state index in [4.69, 9.17) is 9.47 Å². The number of esters is 1. The van der Waals surface area contributed by atoms with Crippen LogP contribution in [0.2, 0.25) is 0 Å². The number of methoxy groups -OCH3 is 1. The van der Waals surface area contributed by atoms with Crippen LogP contribution in [-0.4, -0.2) is 30.5 Å². The van der Waals surface area contributed by atoms with Crippen LogP contribution in [0.1, 0.15) is 56.9 Å². The molecule has 136 valence electrons. The molecule has 1 aliphatic rings. The molecule has 0 spiro atoms. The van der Waals surface area contributed by atoms with Gasteiger partial charge in [0.2, 0.25) is 0 Å². The van der Waals surface area contributed by atoms with Crippen molar-refractivity contribution in [3.05, 3.63) is 64.5 Å². The maximum atomic E-state index is 12.7. The lowest BCUT2D eigenvalue weighted by molar-refractivity contribution is 0.0542. The van der Waals surface area contributed by atoms with Gasteiger partial charge < -0.3 is 14.5 Å². The lowest BCUT2D eigenvalue weighted by atomic mass is 9.81. The van der Waals surface area contributed by atoms with Crippen LogP contribution >= 0.6 is 0 Å². The molecular formula is C21H23NO4. The van der Waals surface area contributed by atoms with Crippen LogP contribution in [0.5, 0.6) is 5.75 Å². The molecule has 5 nitrogen and oxygen atoms in total. The van der Waals surface area contributed by atoms with Crippen molar-refractivity contribution in [3.63, 3.8) is 0 Å². The molecule has 1 heterocycles. The smallest absolute Gasteiger partial charge is 0.355 e. The van der Waals surface area contributed by atoms with E-state index in [9.17, 15) is 9.59 Å². The molecule has 1 aliphatic carbocycles. The number of aromatic amines is 1. The largest absolute Gasteiger partial charge is 0.497 e. The lowest BCUT2D eigenvalue weighted by Gasteiger charge is -2.22. The number of allylic oxidation sites excluding steroid dienone is 1.